The van der Waals surface area contributed by atoms with Crippen molar-refractivity contribution in [1.82, 2.24) is 4.90 Å². The van der Waals surface area contributed by atoms with Crippen LogP contribution in [0.5, 0.6) is 0 Å². The molecule has 0 N–H and O–H groups in total. The summed E-state index contributed by atoms with van der Waals surface area (Å²) >= 11 is 5.98. The molecule has 2 nitrogen and oxygen atoms in total. The highest BCUT2D eigenvalue weighted by molar-refractivity contribution is 6.30. The van der Waals surface area contributed by atoms with Crippen LogP contribution < -0.4 is 0 Å². The van der Waals surface area contributed by atoms with Gasteiger partial charge in [0.05, 0.1) is 5.41 Å². The van der Waals surface area contributed by atoms with Gasteiger partial charge in [0.25, 0.3) is 0 Å². The predicted octanol–water partition coefficient (Wildman–Crippen LogP) is 5.02. The Morgan fingerprint density at radius 2 is 1.75 bits per heavy atom. The van der Waals surface area contributed by atoms with E-state index >= 15 is 0 Å². The first-order valence-corrected chi connectivity index (χ1v) is 8.96. The Balaban J connectivity index is 1.77. The van der Waals surface area contributed by atoms with Crippen LogP contribution in [0.4, 0.5) is 0 Å². The van der Waals surface area contributed by atoms with Crippen LogP contribution in [0.2, 0.25) is 5.02 Å². The van der Waals surface area contributed by atoms with Crippen molar-refractivity contribution in [3.05, 3.63) is 70.7 Å². The number of carbonyl (C=O) groups is 1. The summed E-state index contributed by atoms with van der Waals surface area (Å²) in [6, 6.07) is 18.2. The van der Waals surface area contributed by atoms with Crippen LogP contribution in [-0.2, 0) is 10.2 Å². The van der Waals surface area contributed by atoms with Gasteiger partial charge >= 0.3 is 0 Å². The van der Waals surface area contributed by atoms with E-state index < -0.39 is 5.41 Å². The minimum Gasteiger partial charge on any atom is -0.341 e. The molecular formula is C21H24ClNO. The van der Waals surface area contributed by atoms with E-state index in [4.69, 9.17) is 11.6 Å². The lowest BCUT2D eigenvalue weighted by Gasteiger charge is -2.38. The zero-order valence-corrected chi connectivity index (χ0v) is 15.1. The molecular weight excluding hydrogens is 318 g/mol. The first kappa shape index (κ1) is 17.0. The zero-order chi connectivity index (χ0) is 17.2. The van der Waals surface area contributed by atoms with Gasteiger partial charge < -0.3 is 4.90 Å². The molecule has 1 fully saturated rings. The van der Waals surface area contributed by atoms with Crippen LogP contribution in [0, 0.1) is 0 Å². The molecule has 1 amide bonds. The molecule has 0 radical (unpaired) electrons. The molecule has 1 heterocycles. The molecule has 1 aliphatic heterocycles. The van der Waals surface area contributed by atoms with E-state index in [1.807, 2.05) is 49.1 Å². The molecule has 1 unspecified atom stereocenters. The van der Waals surface area contributed by atoms with Gasteiger partial charge in [-0.3, -0.25) is 4.79 Å². The standard InChI is InChI=1S/C21H24ClNO/c1-21(2,18-10-12-19(22)13-11-18)20(24)23-14-6-9-17(15-23)16-7-4-3-5-8-16/h3-5,7-8,10-13,17H,6,9,14-15H2,1-2H3. The Labute approximate surface area is 149 Å². The van der Waals surface area contributed by atoms with E-state index in [1.54, 1.807) is 0 Å². The Kier molecular flexibility index (Phi) is 4.96. The van der Waals surface area contributed by atoms with E-state index in [-0.39, 0.29) is 5.91 Å². The average Bonchev–Trinajstić information content (AvgIpc) is 2.62. The summed E-state index contributed by atoms with van der Waals surface area (Å²) in [6.07, 6.45) is 2.21. The molecule has 0 aromatic heterocycles. The summed E-state index contributed by atoms with van der Waals surface area (Å²) in [7, 11) is 0. The number of benzene rings is 2. The topological polar surface area (TPSA) is 20.3 Å². The second-order valence-corrected chi connectivity index (χ2v) is 7.57. The number of hydrogen-bond acceptors (Lipinski definition) is 1. The van der Waals surface area contributed by atoms with Gasteiger partial charge in [-0.25, -0.2) is 0 Å². The van der Waals surface area contributed by atoms with E-state index in [2.05, 4.69) is 24.3 Å². The fraction of sp³-hybridized carbons (Fsp3) is 0.381. The number of amides is 1. The molecule has 1 saturated heterocycles. The lowest BCUT2D eigenvalue weighted by atomic mass is 9.81. The van der Waals surface area contributed by atoms with Gasteiger partial charge in [-0.1, -0.05) is 54.1 Å². The van der Waals surface area contributed by atoms with Gasteiger partial charge in [0, 0.05) is 24.0 Å². The molecule has 1 aliphatic rings. The molecule has 126 valence electrons. The summed E-state index contributed by atoms with van der Waals surface area (Å²) in [4.78, 5) is 15.2. The number of rotatable bonds is 3. The molecule has 0 aliphatic carbocycles. The molecule has 0 saturated carbocycles. The number of likely N-dealkylation sites (tertiary alicyclic amines) is 1. The molecule has 2 aromatic carbocycles. The maximum Gasteiger partial charge on any atom is 0.232 e. The van der Waals surface area contributed by atoms with Gasteiger partial charge in [-0.2, -0.15) is 0 Å². The summed E-state index contributed by atoms with van der Waals surface area (Å²) in [6.45, 7) is 5.66. The molecule has 3 rings (SSSR count). The van der Waals surface area contributed by atoms with Crippen molar-refractivity contribution >= 4 is 17.5 Å². The van der Waals surface area contributed by atoms with Crippen molar-refractivity contribution in [3.63, 3.8) is 0 Å². The first-order chi connectivity index (χ1) is 11.5. The van der Waals surface area contributed by atoms with Crippen LogP contribution in [-0.4, -0.2) is 23.9 Å². The number of hydrogen-bond donors (Lipinski definition) is 0. The molecule has 0 spiro atoms. The number of carbonyl (C=O) groups excluding carboxylic acids is 1. The van der Waals surface area contributed by atoms with Crippen molar-refractivity contribution in [1.29, 1.82) is 0 Å². The fourth-order valence-corrected chi connectivity index (χ4v) is 3.67. The zero-order valence-electron chi connectivity index (χ0n) is 14.3. The van der Waals surface area contributed by atoms with Crippen molar-refractivity contribution in [2.75, 3.05) is 13.1 Å². The minimum absolute atomic E-state index is 0.199. The lowest BCUT2D eigenvalue weighted by molar-refractivity contribution is -0.137. The van der Waals surface area contributed by atoms with Crippen molar-refractivity contribution < 1.29 is 4.79 Å². The van der Waals surface area contributed by atoms with Crippen molar-refractivity contribution in [3.8, 4) is 0 Å². The van der Waals surface area contributed by atoms with Crippen LogP contribution in [0.1, 0.15) is 43.7 Å². The highest BCUT2D eigenvalue weighted by Gasteiger charge is 2.36. The third-order valence-electron chi connectivity index (χ3n) is 5.08. The summed E-state index contributed by atoms with van der Waals surface area (Å²) in [5.74, 6) is 0.635. The molecule has 2 aromatic rings. The molecule has 0 bridgehead atoms. The van der Waals surface area contributed by atoms with Crippen LogP contribution in [0.3, 0.4) is 0 Å². The predicted molar refractivity (Wildman–Crippen MR) is 99.5 cm³/mol. The van der Waals surface area contributed by atoms with E-state index in [9.17, 15) is 4.79 Å². The Morgan fingerprint density at radius 1 is 1.08 bits per heavy atom. The highest BCUT2D eigenvalue weighted by atomic mass is 35.5. The average molecular weight is 342 g/mol. The quantitative estimate of drug-likeness (QED) is 0.767. The number of piperidine rings is 1. The first-order valence-electron chi connectivity index (χ1n) is 8.59. The minimum atomic E-state index is -0.539. The molecule has 24 heavy (non-hydrogen) atoms. The fourth-order valence-electron chi connectivity index (χ4n) is 3.54. The Hall–Kier alpha value is -1.80. The normalized spacial score (nSPS) is 18.5. The number of halogens is 1. The van der Waals surface area contributed by atoms with Crippen molar-refractivity contribution in [2.45, 2.75) is 38.0 Å². The second-order valence-electron chi connectivity index (χ2n) is 7.13. The summed E-state index contributed by atoms with van der Waals surface area (Å²) in [5.41, 5.74) is 1.81. The van der Waals surface area contributed by atoms with Gasteiger partial charge in [0.1, 0.15) is 0 Å². The largest absolute Gasteiger partial charge is 0.341 e. The molecule has 3 heteroatoms. The van der Waals surface area contributed by atoms with Crippen LogP contribution >= 0.6 is 11.6 Å². The smallest absolute Gasteiger partial charge is 0.232 e. The van der Waals surface area contributed by atoms with Crippen LogP contribution in [0.15, 0.2) is 54.6 Å². The van der Waals surface area contributed by atoms with Gasteiger partial charge in [-0.05, 0) is 49.9 Å². The Morgan fingerprint density at radius 3 is 2.42 bits per heavy atom. The third-order valence-corrected chi connectivity index (χ3v) is 5.33. The Bertz CT molecular complexity index is 694. The van der Waals surface area contributed by atoms with Gasteiger partial charge in [0.2, 0.25) is 5.91 Å². The summed E-state index contributed by atoms with van der Waals surface area (Å²) in [5, 5.41) is 0.698. The summed E-state index contributed by atoms with van der Waals surface area (Å²) < 4.78 is 0. The van der Waals surface area contributed by atoms with E-state index in [0.29, 0.717) is 10.9 Å². The maximum atomic E-state index is 13.2. The van der Waals surface area contributed by atoms with Gasteiger partial charge in [-0.15, -0.1) is 0 Å². The monoisotopic (exact) mass is 341 g/mol. The van der Waals surface area contributed by atoms with E-state index in [1.165, 1.54) is 5.56 Å². The third kappa shape index (κ3) is 3.49. The van der Waals surface area contributed by atoms with Crippen LogP contribution in [0.25, 0.3) is 0 Å². The maximum absolute atomic E-state index is 13.2. The highest BCUT2D eigenvalue weighted by Crippen LogP contribution is 2.32. The number of nitrogens with zero attached hydrogens (tertiary/aromatic N) is 1. The SMILES string of the molecule is CC(C)(C(=O)N1CCCC(c2ccccc2)C1)c1ccc(Cl)cc1. The second kappa shape index (κ2) is 6.98. The van der Waals surface area contributed by atoms with Crippen molar-refractivity contribution in [2.24, 2.45) is 0 Å². The lowest BCUT2D eigenvalue weighted by Crippen LogP contribution is -2.47. The van der Waals surface area contributed by atoms with E-state index in [0.717, 1.165) is 31.5 Å². The van der Waals surface area contributed by atoms with Gasteiger partial charge in [0.15, 0.2) is 0 Å². The molecule has 1 atom stereocenters.